The average molecular weight is 501 g/mol. The Balaban J connectivity index is 1.72. The third-order valence-electron chi connectivity index (χ3n) is 4.97. The van der Waals surface area contributed by atoms with E-state index in [1.807, 2.05) is 0 Å². The van der Waals surface area contributed by atoms with E-state index in [0.717, 1.165) is 0 Å². The minimum Gasteiger partial charge on any atom is -0.478 e. The number of hydrogen-bond donors (Lipinski definition) is 2. The fourth-order valence-corrected chi connectivity index (χ4v) is 3.93. The van der Waals surface area contributed by atoms with E-state index in [-0.39, 0.29) is 32.8 Å². The average Bonchev–Trinajstić information content (AvgIpc) is 3.22. The summed E-state index contributed by atoms with van der Waals surface area (Å²) in [6, 6.07) is 12.3. The highest BCUT2D eigenvalue weighted by Crippen LogP contribution is 2.32. The second-order valence-electron chi connectivity index (χ2n) is 7.04. The maximum Gasteiger partial charge on any atom is 0.335 e. The Morgan fingerprint density at radius 1 is 1.12 bits per heavy atom. The minimum absolute atomic E-state index is 0.0357. The van der Waals surface area contributed by atoms with Crippen LogP contribution in [0, 0.1) is 6.92 Å². The molecule has 2 amide bonds. The van der Waals surface area contributed by atoms with E-state index < -0.39 is 17.8 Å². The number of benzene rings is 2. The second-order valence-corrected chi connectivity index (χ2v) is 8.24. The van der Waals surface area contributed by atoms with E-state index in [1.54, 1.807) is 31.2 Å². The van der Waals surface area contributed by atoms with Crippen LogP contribution in [0.4, 0.5) is 5.69 Å². The smallest absolute Gasteiger partial charge is 0.335 e. The number of anilines is 1. The molecule has 2 N–H and O–H groups in total. The lowest BCUT2D eigenvalue weighted by molar-refractivity contribution is -0.122. The van der Waals surface area contributed by atoms with Crippen LogP contribution in [0.2, 0.25) is 10.0 Å². The van der Waals surface area contributed by atoms with Gasteiger partial charge in [-0.25, -0.2) is 4.79 Å². The lowest BCUT2D eigenvalue weighted by Gasteiger charge is -2.30. The van der Waals surface area contributed by atoms with Gasteiger partial charge in [-0.2, -0.15) is 0 Å². The Hall–Kier alpha value is -3.46. The number of halogens is 2. The van der Waals surface area contributed by atoms with E-state index in [1.165, 1.54) is 35.2 Å². The Bertz CT molecular complexity index is 1380. The summed E-state index contributed by atoms with van der Waals surface area (Å²) in [5, 5.41) is 12.4. The van der Waals surface area contributed by atoms with Gasteiger partial charge in [0.15, 0.2) is 5.11 Å². The highest BCUT2D eigenvalue weighted by Gasteiger charge is 2.35. The number of nitrogens with one attached hydrogen (secondary N) is 1. The zero-order valence-electron chi connectivity index (χ0n) is 16.9. The first-order chi connectivity index (χ1) is 15.7. The highest BCUT2D eigenvalue weighted by atomic mass is 35.5. The second kappa shape index (κ2) is 8.82. The number of amides is 2. The molecule has 1 fully saturated rings. The lowest BCUT2D eigenvalue weighted by atomic mass is 10.1. The van der Waals surface area contributed by atoms with Crippen LogP contribution in [0.15, 0.2) is 58.5 Å². The summed E-state index contributed by atoms with van der Waals surface area (Å²) in [4.78, 5) is 38.2. The van der Waals surface area contributed by atoms with Crippen molar-refractivity contribution >= 4 is 70.1 Å². The van der Waals surface area contributed by atoms with Gasteiger partial charge in [0, 0.05) is 10.6 Å². The van der Waals surface area contributed by atoms with Gasteiger partial charge in [-0.3, -0.25) is 19.8 Å². The summed E-state index contributed by atoms with van der Waals surface area (Å²) < 4.78 is 5.74. The molecule has 1 aromatic heterocycles. The Labute approximate surface area is 203 Å². The Morgan fingerprint density at radius 2 is 1.88 bits per heavy atom. The Morgan fingerprint density at radius 3 is 2.61 bits per heavy atom. The number of aromatic carboxylic acids is 1. The fourth-order valence-electron chi connectivity index (χ4n) is 3.28. The molecule has 2 aromatic carbocycles. The fraction of sp³-hybridized carbons (Fsp3) is 0.0435. The summed E-state index contributed by atoms with van der Waals surface area (Å²) in [5.41, 5.74) is 1.26. The van der Waals surface area contributed by atoms with Gasteiger partial charge in [-0.15, -0.1) is 0 Å². The highest BCUT2D eigenvalue weighted by molar-refractivity contribution is 7.80. The molecular formula is C23H14Cl2N2O5S. The van der Waals surface area contributed by atoms with Crippen molar-refractivity contribution in [3.05, 3.63) is 81.0 Å². The van der Waals surface area contributed by atoms with Crippen LogP contribution in [0.3, 0.4) is 0 Å². The largest absolute Gasteiger partial charge is 0.478 e. The number of carbonyl (C=O) groups excluding carboxylic acids is 2. The normalized spacial score (nSPS) is 15.2. The SMILES string of the molecule is Cc1c(Cl)cccc1N1C(=O)/C(=C/c2ccc(-c3cc(C(=O)O)ccc3Cl)o2)C(=O)NC1=S. The van der Waals surface area contributed by atoms with E-state index in [0.29, 0.717) is 21.8 Å². The number of thiocarbonyl (C=S) groups is 1. The van der Waals surface area contributed by atoms with E-state index >= 15 is 0 Å². The number of hydrogen-bond acceptors (Lipinski definition) is 5. The molecule has 4 rings (SSSR count). The molecule has 0 saturated carbocycles. The molecule has 0 radical (unpaired) electrons. The van der Waals surface area contributed by atoms with Gasteiger partial charge in [-0.1, -0.05) is 29.3 Å². The number of carbonyl (C=O) groups is 3. The van der Waals surface area contributed by atoms with Crippen molar-refractivity contribution in [2.45, 2.75) is 6.92 Å². The lowest BCUT2D eigenvalue weighted by Crippen LogP contribution is -2.54. The molecule has 0 unspecified atom stereocenters. The molecular weight excluding hydrogens is 487 g/mol. The summed E-state index contributed by atoms with van der Waals surface area (Å²) >= 11 is 17.6. The van der Waals surface area contributed by atoms with Crippen LogP contribution in [0.5, 0.6) is 0 Å². The Kier molecular flexibility index (Phi) is 6.07. The van der Waals surface area contributed by atoms with Crippen LogP contribution in [-0.4, -0.2) is 28.0 Å². The van der Waals surface area contributed by atoms with Crippen LogP contribution in [-0.2, 0) is 9.59 Å². The van der Waals surface area contributed by atoms with Crippen molar-refractivity contribution in [2.24, 2.45) is 0 Å². The summed E-state index contributed by atoms with van der Waals surface area (Å²) in [7, 11) is 0. The molecule has 0 atom stereocenters. The van der Waals surface area contributed by atoms with Crippen LogP contribution in [0.25, 0.3) is 17.4 Å². The quantitative estimate of drug-likeness (QED) is 0.294. The van der Waals surface area contributed by atoms with Gasteiger partial charge in [0.2, 0.25) is 0 Å². The molecule has 2 heterocycles. The zero-order chi connectivity index (χ0) is 23.9. The maximum absolute atomic E-state index is 13.2. The van der Waals surface area contributed by atoms with Crippen molar-refractivity contribution in [1.82, 2.24) is 5.32 Å². The third-order valence-corrected chi connectivity index (χ3v) is 6.00. The zero-order valence-corrected chi connectivity index (χ0v) is 19.2. The predicted octanol–water partition coefficient (Wildman–Crippen LogP) is 5.09. The van der Waals surface area contributed by atoms with E-state index in [4.69, 9.17) is 39.8 Å². The summed E-state index contributed by atoms with van der Waals surface area (Å²) in [6.45, 7) is 1.74. The standard InChI is InChI=1S/C23H14Cl2N2O5S/c1-11-16(24)3-2-4-18(11)27-21(29)15(20(28)26-23(27)33)10-13-6-8-19(32-13)14-9-12(22(30)31)5-7-17(14)25/h2-10H,1H3,(H,30,31)(H,26,28,33)/b15-10+. The van der Waals surface area contributed by atoms with Crippen molar-refractivity contribution in [3.8, 4) is 11.3 Å². The minimum atomic E-state index is -1.11. The summed E-state index contributed by atoms with van der Waals surface area (Å²) in [6.07, 6.45) is 1.28. The molecule has 10 heteroatoms. The molecule has 1 saturated heterocycles. The molecule has 3 aromatic rings. The van der Waals surface area contributed by atoms with Crippen LogP contribution < -0.4 is 10.2 Å². The van der Waals surface area contributed by atoms with Gasteiger partial charge in [-0.05, 0) is 73.2 Å². The number of nitrogens with zero attached hydrogens (tertiary/aromatic N) is 1. The van der Waals surface area contributed by atoms with E-state index in [2.05, 4.69) is 5.32 Å². The van der Waals surface area contributed by atoms with Crippen molar-refractivity contribution in [1.29, 1.82) is 0 Å². The number of rotatable bonds is 4. The van der Waals surface area contributed by atoms with Gasteiger partial charge in [0.1, 0.15) is 17.1 Å². The molecule has 0 aliphatic carbocycles. The molecule has 166 valence electrons. The first-order valence-corrected chi connectivity index (χ1v) is 10.6. The van der Waals surface area contributed by atoms with Crippen LogP contribution in [0.1, 0.15) is 21.7 Å². The topological polar surface area (TPSA) is 99.8 Å². The monoisotopic (exact) mass is 500 g/mol. The van der Waals surface area contributed by atoms with Gasteiger partial charge >= 0.3 is 5.97 Å². The van der Waals surface area contributed by atoms with Crippen LogP contribution >= 0.6 is 35.4 Å². The first-order valence-electron chi connectivity index (χ1n) is 9.47. The van der Waals surface area contributed by atoms with Crippen molar-refractivity contribution in [3.63, 3.8) is 0 Å². The van der Waals surface area contributed by atoms with Crippen molar-refractivity contribution in [2.75, 3.05) is 4.90 Å². The van der Waals surface area contributed by atoms with Gasteiger partial charge in [0.25, 0.3) is 11.8 Å². The van der Waals surface area contributed by atoms with Crippen molar-refractivity contribution < 1.29 is 23.9 Å². The number of furan rings is 1. The molecule has 0 bridgehead atoms. The predicted molar refractivity (Wildman–Crippen MR) is 129 cm³/mol. The third kappa shape index (κ3) is 4.28. The van der Waals surface area contributed by atoms with Gasteiger partial charge in [0.05, 0.1) is 16.3 Å². The van der Waals surface area contributed by atoms with E-state index in [9.17, 15) is 19.5 Å². The molecule has 1 aliphatic rings. The molecule has 1 aliphatic heterocycles. The van der Waals surface area contributed by atoms with Gasteiger partial charge < -0.3 is 9.52 Å². The number of carboxylic acids is 1. The summed E-state index contributed by atoms with van der Waals surface area (Å²) in [5.74, 6) is -1.96. The molecule has 33 heavy (non-hydrogen) atoms. The molecule has 7 nitrogen and oxygen atoms in total. The maximum atomic E-state index is 13.2. The first kappa shape index (κ1) is 22.7. The number of carboxylic acid groups (broad SMARTS) is 1. The molecule has 0 spiro atoms.